The number of alkyl halides is 3. The number of ether oxygens (including phenoxy) is 2. The smallest absolute Gasteiger partial charge is 0.426 e. The fourth-order valence-corrected chi connectivity index (χ4v) is 4.48. The lowest BCUT2D eigenvalue weighted by molar-refractivity contribution is -0.365. The summed E-state index contributed by atoms with van der Waals surface area (Å²) in [5, 5.41) is 0. The van der Waals surface area contributed by atoms with Crippen LogP contribution in [0.2, 0.25) is 19.6 Å². The zero-order chi connectivity index (χ0) is 19.0. The van der Waals surface area contributed by atoms with Crippen LogP contribution in [0.3, 0.4) is 0 Å². The molecule has 0 fully saturated rings. The molecule has 2 rings (SSSR count). The molecule has 2 unspecified atom stereocenters. The Hall–Kier alpha value is -0.903. The van der Waals surface area contributed by atoms with Gasteiger partial charge in [0.2, 0.25) is 0 Å². The third-order valence-corrected chi connectivity index (χ3v) is 5.02. The summed E-state index contributed by atoms with van der Waals surface area (Å²) >= 11 is 3.26. The Morgan fingerprint density at radius 2 is 1.96 bits per heavy atom. The summed E-state index contributed by atoms with van der Waals surface area (Å²) in [5.41, 5.74) is 0.234. The normalized spacial score (nSPS) is 20.6. The molecule has 9 heteroatoms. The standard InChI is InChI=1S/C16H20BrF3O4Si/c1-5-22-15(16(18,19)20,24-25(2,3)4)12-9-14(21)23-13-7-6-10(17)8-11(12)13/h6-8,12H,5,9H2,1-4H3. The van der Waals surface area contributed by atoms with E-state index in [1.807, 2.05) is 0 Å². The summed E-state index contributed by atoms with van der Waals surface area (Å²) < 4.78 is 59.1. The predicted molar refractivity (Wildman–Crippen MR) is 92.0 cm³/mol. The number of hydrogen-bond donors (Lipinski definition) is 0. The van der Waals surface area contributed by atoms with Crippen LogP contribution in [-0.4, -0.2) is 32.9 Å². The predicted octanol–water partition coefficient (Wildman–Crippen LogP) is 4.99. The van der Waals surface area contributed by atoms with Crippen molar-refractivity contribution in [3.8, 4) is 5.75 Å². The highest BCUT2D eigenvalue weighted by Crippen LogP contribution is 2.52. The average molecular weight is 441 g/mol. The maximum absolute atomic E-state index is 14.2. The van der Waals surface area contributed by atoms with Gasteiger partial charge in [0.25, 0.3) is 5.79 Å². The molecule has 0 spiro atoms. The Balaban J connectivity index is 2.69. The van der Waals surface area contributed by atoms with Gasteiger partial charge in [-0.15, -0.1) is 0 Å². The highest BCUT2D eigenvalue weighted by atomic mass is 79.9. The molecule has 1 aromatic carbocycles. The first-order valence-corrected chi connectivity index (χ1v) is 12.0. The maximum Gasteiger partial charge on any atom is 0.442 e. The Morgan fingerprint density at radius 3 is 2.48 bits per heavy atom. The molecule has 0 saturated carbocycles. The van der Waals surface area contributed by atoms with Gasteiger partial charge >= 0.3 is 12.1 Å². The summed E-state index contributed by atoms with van der Waals surface area (Å²) in [6.07, 6.45) is -5.31. The number of rotatable bonds is 5. The summed E-state index contributed by atoms with van der Waals surface area (Å²) in [7, 11) is -2.69. The Bertz CT molecular complexity index is 660. The third-order valence-electron chi connectivity index (χ3n) is 3.61. The second kappa shape index (κ2) is 7.01. The lowest BCUT2D eigenvalue weighted by Gasteiger charge is -2.45. The summed E-state index contributed by atoms with van der Waals surface area (Å²) in [5.74, 6) is -4.90. The van der Waals surface area contributed by atoms with E-state index in [1.165, 1.54) is 19.1 Å². The second-order valence-electron chi connectivity index (χ2n) is 6.73. The van der Waals surface area contributed by atoms with Crippen LogP contribution in [-0.2, 0) is 14.0 Å². The van der Waals surface area contributed by atoms with Crippen LogP contribution >= 0.6 is 15.9 Å². The maximum atomic E-state index is 14.2. The molecule has 0 amide bonds. The van der Waals surface area contributed by atoms with E-state index in [1.54, 1.807) is 25.7 Å². The van der Waals surface area contributed by atoms with Gasteiger partial charge in [0.15, 0.2) is 8.32 Å². The molecule has 1 aliphatic heterocycles. The fourth-order valence-electron chi connectivity index (χ4n) is 2.87. The van der Waals surface area contributed by atoms with Crippen LogP contribution in [0.15, 0.2) is 22.7 Å². The van der Waals surface area contributed by atoms with Crippen molar-refractivity contribution in [1.82, 2.24) is 0 Å². The number of carbonyl (C=O) groups excluding carboxylic acids is 1. The molecule has 1 heterocycles. The zero-order valence-electron chi connectivity index (χ0n) is 14.4. The largest absolute Gasteiger partial charge is 0.442 e. The van der Waals surface area contributed by atoms with Gasteiger partial charge in [0, 0.05) is 16.6 Å². The van der Waals surface area contributed by atoms with Gasteiger partial charge in [0.05, 0.1) is 12.3 Å². The van der Waals surface area contributed by atoms with E-state index < -0.39 is 38.6 Å². The van der Waals surface area contributed by atoms with Crippen molar-refractivity contribution in [3.05, 3.63) is 28.2 Å². The highest BCUT2D eigenvalue weighted by Gasteiger charge is 2.65. The van der Waals surface area contributed by atoms with Gasteiger partial charge in [-0.25, -0.2) is 0 Å². The second-order valence-corrected chi connectivity index (χ2v) is 12.1. The minimum atomic E-state index is -4.83. The van der Waals surface area contributed by atoms with Crippen molar-refractivity contribution in [2.75, 3.05) is 6.61 Å². The van der Waals surface area contributed by atoms with E-state index in [9.17, 15) is 18.0 Å². The van der Waals surface area contributed by atoms with Gasteiger partial charge in [-0.2, -0.15) is 13.2 Å². The lowest BCUT2D eigenvalue weighted by atomic mass is 9.84. The number of esters is 1. The number of benzene rings is 1. The van der Waals surface area contributed by atoms with Crippen molar-refractivity contribution in [2.24, 2.45) is 0 Å². The van der Waals surface area contributed by atoms with Crippen molar-refractivity contribution >= 4 is 30.2 Å². The quantitative estimate of drug-likeness (QED) is 0.280. The molecule has 1 aromatic rings. The van der Waals surface area contributed by atoms with Gasteiger partial charge in [-0.05, 0) is 44.8 Å². The first-order valence-electron chi connectivity index (χ1n) is 7.80. The van der Waals surface area contributed by atoms with E-state index in [4.69, 9.17) is 13.9 Å². The Labute approximate surface area is 153 Å². The van der Waals surface area contributed by atoms with Crippen LogP contribution < -0.4 is 4.74 Å². The summed E-state index contributed by atoms with van der Waals surface area (Å²) in [4.78, 5) is 12.0. The summed E-state index contributed by atoms with van der Waals surface area (Å²) in [6, 6.07) is 4.58. The van der Waals surface area contributed by atoms with Crippen molar-refractivity contribution in [2.45, 2.75) is 50.9 Å². The molecular weight excluding hydrogens is 421 g/mol. The molecule has 4 nitrogen and oxygen atoms in total. The minimum absolute atomic E-state index is 0.0944. The molecule has 0 bridgehead atoms. The number of carbonyl (C=O) groups is 1. The first kappa shape index (κ1) is 20.4. The van der Waals surface area contributed by atoms with E-state index >= 15 is 0 Å². The van der Waals surface area contributed by atoms with E-state index in [0.717, 1.165) is 0 Å². The minimum Gasteiger partial charge on any atom is -0.426 e. The van der Waals surface area contributed by atoms with Crippen molar-refractivity contribution < 1.29 is 31.9 Å². The molecule has 0 saturated heterocycles. The molecule has 0 aromatic heterocycles. The molecule has 140 valence electrons. The summed E-state index contributed by atoms with van der Waals surface area (Å²) in [6.45, 7) is 6.20. The van der Waals surface area contributed by atoms with E-state index in [2.05, 4.69) is 15.9 Å². The molecular formula is C16H20BrF3O4Si. The Kier molecular flexibility index (Phi) is 5.73. The zero-order valence-corrected chi connectivity index (χ0v) is 17.0. The molecule has 0 radical (unpaired) electrons. The van der Waals surface area contributed by atoms with Crippen LogP contribution in [0.5, 0.6) is 5.75 Å². The van der Waals surface area contributed by atoms with Crippen LogP contribution in [0, 0.1) is 0 Å². The van der Waals surface area contributed by atoms with Crippen LogP contribution in [0.4, 0.5) is 13.2 Å². The van der Waals surface area contributed by atoms with Gasteiger partial charge in [-0.1, -0.05) is 15.9 Å². The monoisotopic (exact) mass is 440 g/mol. The number of halogens is 4. The van der Waals surface area contributed by atoms with Gasteiger partial charge < -0.3 is 13.9 Å². The molecule has 0 N–H and O–H groups in total. The molecule has 2 atom stereocenters. The van der Waals surface area contributed by atoms with E-state index in [-0.39, 0.29) is 17.9 Å². The number of fused-ring (bicyclic) bond motifs is 1. The molecule has 25 heavy (non-hydrogen) atoms. The van der Waals surface area contributed by atoms with Crippen molar-refractivity contribution in [1.29, 1.82) is 0 Å². The van der Waals surface area contributed by atoms with Gasteiger partial charge in [-0.3, -0.25) is 4.79 Å². The van der Waals surface area contributed by atoms with E-state index in [0.29, 0.717) is 4.47 Å². The first-order chi connectivity index (χ1) is 11.4. The van der Waals surface area contributed by atoms with Crippen LogP contribution in [0.25, 0.3) is 0 Å². The van der Waals surface area contributed by atoms with Gasteiger partial charge in [0.1, 0.15) is 5.75 Å². The highest BCUT2D eigenvalue weighted by molar-refractivity contribution is 9.10. The number of hydrogen-bond acceptors (Lipinski definition) is 4. The lowest BCUT2D eigenvalue weighted by Crippen LogP contribution is -2.59. The van der Waals surface area contributed by atoms with Crippen molar-refractivity contribution in [3.63, 3.8) is 0 Å². The van der Waals surface area contributed by atoms with Crippen LogP contribution in [0.1, 0.15) is 24.8 Å². The third kappa shape index (κ3) is 4.26. The molecule has 1 aliphatic rings. The SMILES string of the molecule is CCOC(O[Si](C)(C)C)(C1CC(=O)Oc2ccc(Br)cc21)C(F)(F)F. The topological polar surface area (TPSA) is 44.8 Å². The fraction of sp³-hybridized carbons (Fsp3) is 0.562. The Morgan fingerprint density at radius 1 is 1.32 bits per heavy atom. The average Bonchev–Trinajstić information content (AvgIpc) is 2.43. The molecule has 0 aliphatic carbocycles.